The highest BCUT2D eigenvalue weighted by atomic mass is 16.5. The molecule has 0 radical (unpaired) electrons. The van der Waals surface area contributed by atoms with Gasteiger partial charge in [0.1, 0.15) is 0 Å². The molecule has 2 aliphatic carbocycles. The third-order valence-corrected chi connectivity index (χ3v) is 4.93. The Morgan fingerprint density at radius 1 is 1.25 bits per heavy atom. The van der Waals surface area contributed by atoms with E-state index < -0.39 is 0 Å². The fourth-order valence-electron chi connectivity index (χ4n) is 3.39. The summed E-state index contributed by atoms with van der Waals surface area (Å²) in [7, 11) is 2.06. The molecular weight excluding hydrogens is 246 g/mol. The van der Waals surface area contributed by atoms with Crippen molar-refractivity contribution in [1.29, 1.82) is 0 Å². The molecule has 2 atom stereocenters. The predicted molar refractivity (Wildman–Crippen MR) is 83.0 cm³/mol. The number of hydrogen-bond acceptors (Lipinski definition) is 2. The molecule has 1 N–H and O–H groups in total. The Morgan fingerprint density at radius 2 is 2.05 bits per heavy atom. The third-order valence-electron chi connectivity index (χ3n) is 4.93. The van der Waals surface area contributed by atoms with Gasteiger partial charge in [-0.25, -0.2) is 0 Å². The first-order chi connectivity index (χ1) is 9.83. The van der Waals surface area contributed by atoms with E-state index in [1.165, 1.54) is 43.2 Å². The first-order valence-corrected chi connectivity index (χ1v) is 8.22. The number of likely N-dealkylation sites (N-methyl/N-ethyl adjacent to an activating group) is 1. The van der Waals surface area contributed by atoms with Crippen LogP contribution in [-0.2, 0) is 4.74 Å². The minimum atomic E-state index is 0.335. The molecule has 0 saturated heterocycles. The van der Waals surface area contributed by atoms with Gasteiger partial charge >= 0.3 is 0 Å². The second kappa shape index (κ2) is 6.28. The lowest BCUT2D eigenvalue weighted by molar-refractivity contribution is 0.0204. The lowest BCUT2D eigenvalue weighted by Gasteiger charge is -2.30. The molecule has 0 amide bonds. The van der Waals surface area contributed by atoms with Crippen LogP contribution in [0.1, 0.15) is 62.1 Å². The van der Waals surface area contributed by atoms with Gasteiger partial charge in [0.05, 0.1) is 12.1 Å². The van der Waals surface area contributed by atoms with Gasteiger partial charge < -0.3 is 10.1 Å². The average Bonchev–Trinajstić information content (AvgIpc) is 3.21. The minimum Gasteiger partial charge on any atom is -0.376 e. The maximum Gasteiger partial charge on any atom is 0.0797 e. The zero-order valence-corrected chi connectivity index (χ0v) is 12.8. The molecule has 110 valence electrons. The third kappa shape index (κ3) is 2.91. The fourth-order valence-corrected chi connectivity index (χ4v) is 3.39. The second-order valence-corrected chi connectivity index (χ2v) is 6.32. The Morgan fingerprint density at radius 3 is 2.60 bits per heavy atom. The van der Waals surface area contributed by atoms with E-state index in [-0.39, 0.29) is 0 Å². The summed E-state index contributed by atoms with van der Waals surface area (Å²) in [6.45, 7) is 2.91. The van der Waals surface area contributed by atoms with E-state index in [4.69, 9.17) is 4.74 Å². The van der Waals surface area contributed by atoms with Gasteiger partial charge in [-0.15, -0.1) is 0 Å². The summed E-state index contributed by atoms with van der Waals surface area (Å²) in [5.74, 6) is 1.55. The van der Waals surface area contributed by atoms with E-state index in [1.54, 1.807) is 0 Å². The van der Waals surface area contributed by atoms with Gasteiger partial charge in [0.2, 0.25) is 0 Å². The first kappa shape index (κ1) is 14.1. The Hall–Kier alpha value is -0.860. The Bertz CT molecular complexity index is 437. The SMILES string of the molecule is CCOC(C1CC1)C(NC)c1cccc(C2CCC2)c1. The van der Waals surface area contributed by atoms with Crippen LogP contribution in [0.4, 0.5) is 0 Å². The molecule has 0 aliphatic heterocycles. The molecule has 0 bridgehead atoms. The largest absolute Gasteiger partial charge is 0.376 e. The molecule has 2 fully saturated rings. The van der Waals surface area contributed by atoms with Crippen molar-refractivity contribution in [3.63, 3.8) is 0 Å². The van der Waals surface area contributed by atoms with Crippen LogP contribution in [0.5, 0.6) is 0 Å². The van der Waals surface area contributed by atoms with Crippen molar-refractivity contribution in [2.75, 3.05) is 13.7 Å². The molecule has 3 rings (SSSR count). The van der Waals surface area contributed by atoms with E-state index in [0.717, 1.165) is 18.4 Å². The van der Waals surface area contributed by atoms with Crippen molar-refractivity contribution in [3.8, 4) is 0 Å². The maximum atomic E-state index is 6.05. The topological polar surface area (TPSA) is 21.3 Å². The molecule has 2 nitrogen and oxygen atoms in total. The number of hydrogen-bond donors (Lipinski definition) is 1. The molecular formula is C18H27NO. The molecule has 2 aliphatic rings. The maximum absolute atomic E-state index is 6.05. The van der Waals surface area contributed by atoms with Crippen molar-refractivity contribution in [3.05, 3.63) is 35.4 Å². The summed E-state index contributed by atoms with van der Waals surface area (Å²) in [5, 5.41) is 3.50. The van der Waals surface area contributed by atoms with Gasteiger partial charge in [-0.3, -0.25) is 0 Å². The zero-order chi connectivity index (χ0) is 13.9. The van der Waals surface area contributed by atoms with E-state index in [0.29, 0.717) is 12.1 Å². The molecule has 2 unspecified atom stereocenters. The van der Waals surface area contributed by atoms with Crippen LogP contribution in [-0.4, -0.2) is 19.8 Å². The monoisotopic (exact) mass is 273 g/mol. The summed E-state index contributed by atoms with van der Waals surface area (Å²) in [6, 6.07) is 9.54. The van der Waals surface area contributed by atoms with Crippen molar-refractivity contribution < 1.29 is 4.74 Å². The summed E-state index contributed by atoms with van der Waals surface area (Å²) in [4.78, 5) is 0. The highest BCUT2D eigenvalue weighted by molar-refractivity contribution is 5.30. The van der Waals surface area contributed by atoms with Crippen LogP contribution < -0.4 is 5.32 Å². The van der Waals surface area contributed by atoms with Crippen LogP contribution in [0.2, 0.25) is 0 Å². The van der Waals surface area contributed by atoms with Gasteiger partial charge in [0.25, 0.3) is 0 Å². The van der Waals surface area contributed by atoms with Crippen molar-refractivity contribution in [2.24, 2.45) is 5.92 Å². The number of rotatable bonds is 7. The van der Waals surface area contributed by atoms with E-state index >= 15 is 0 Å². The highest BCUT2D eigenvalue weighted by Gasteiger charge is 2.37. The normalized spacial score (nSPS) is 22.3. The van der Waals surface area contributed by atoms with E-state index in [1.807, 2.05) is 0 Å². The summed E-state index contributed by atoms with van der Waals surface area (Å²) >= 11 is 0. The Labute approximate surface area is 122 Å². The average molecular weight is 273 g/mol. The molecule has 0 aromatic heterocycles. The molecule has 2 saturated carbocycles. The van der Waals surface area contributed by atoms with Crippen LogP contribution in [0.3, 0.4) is 0 Å². The van der Waals surface area contributed by atoms with Crippen molar-refractivity contribution in [2.45, 2.75) is 57.1 Å². The van der Waals surface area contributed by atoms with E-state index in [9.17, 15) is 0 Å². The number of nitrogens with one attached hydrogen (secondary N) is 1. The second-order valence-electron chi connectivity index (χ2n) is 6.32. The smallest absolute Gasteiger partial charge is 0.0797 e. The van der Waals surface area contributed by atoms with E-state index in [2.05, 4.69) is 43.6 Å². The molecule has 20 heavy (non-hydrogen) atoms. The van der Waals surface area contributed by atoms with Gasteiger partial charge in [0.15, 0.2) is 0 Å². The number of ether oxygens (including phenoxy) is 1. The highest BCUT2D eigenvalue weighted by Crippen LogP contribution is 2.41. The lowest BCUT2D eigenvalue weighted by atomic mass is 9.79. The molecule has 0 heterocycles. The van der Waals surface area contributed by atoms with Crippen molar-refractivity contribution in [1.82, 2.24) is 5.32 Å². The molecule has 0 spiro atoms. The van der Waals surface area contributed by atoms with Gasteiger partial charge in [-0.05, 0) is 62.6 Å². The molecule has 2 heteroatoms. The van der Waals surface area contributed by atoms with Gasteiger partial charge in [-0.2, -0.15) is 0 Å². The lowest BCUT2D eigenvalue weighted by Crippen LogP contribution is -2.33. The Kier molecular flexibility index (Phi) is 4.42. The summed E-state index contributed by atoms with van der Waals surface area (Å²) in [5.41, 5.74) is 2.93. The van der Waals surface area contributed by atoms with Crippen LogP contribution >= 0.6 is 0 Å². The van der Waals surface area contributed by atoms with Crippen LogP contribution in [0, 0.1) is 5.92 Å². The molecule has 1 aromatic carbocycles. The quantitative estimate of drug-likeness (QED) is 0.810. The molecule has 1 aromatic rings. The first-order valence-electron chi connectivity index (χ1n) is 8.22. The predicted octanol–water partition coefficient (Wildman–Crippen LogP) is 4.03. The van der Waals surface area contributed by atoms with Crippen LogP contribution in [0.15, 0.2) is 24.3 Å². The van der Waals surface area contributed by atoms with Gasteiger partial charge in [0, 0.05) is 6.61 Å². The Balaban J connectivity index is 1.80. The standard InChI is InChI=1S/C18H27NO/c1-3-20-18(14-10-11-14)17(19-2)16-9-5-8-15(12-16)13-6-4-7-13/h5,8-9,12-14,17-19H,3-4,6-7,10-11H2,1-2H3. The number of benzene rings is 1. The summed E-state index contributed by atoms with van der Waals surface area (Å²) < 4.78 is 6.05. The summed E-state index contributed by atoms with van der Waals surface area (Å²) in [6.07, 6.45) is 7.11. The van der Waals surface area contributed by atoms with Crippen LogP contribution in [0.25, 0.3) is 0 Å². The zero-order valence-electron chi connectivity index (χ0n) is 12.8. The fraction of sp³-hybridized carbons (Fsp3) is 0.667. The van der Waals surface area contributed by atoms with Gasteiger partial charge in [-0.1, -0.05) is 30.7 Å². The van der Waals surface area contributed by atoms with Crippen molar-refractivity contribution >= 4 is 0 Å². The minimum absolute atomic E-state index is 0.335.